The van der Waals surface area contributed by atoms with E-state index in [0.717, 1.165) is 34.8 Å². The quantitative estimate of drug-likeness (QED) is 0.533. The molecule has 1 aromatic heterocycles. The molecule has 0 aliphatic heterocycles. The molecule has 0 fully saturated rings. The van der Waals surface area contributed by atoms with E-state index >= 15 is 0 Å². The van der Waals surface area contributed by atoms with Crippen molar-refractivity contribution in [3.8, 4) is 11.3 Å². The summed E-state index contributed by atoms with van der Waals surface area (Å²) in [6, 6.07) is 14.3. The van der Waals surface area contributed by atoms with E-state index in [1.165, 1.54) is 29.0 Å². The highest BCUT2D eigenvalue weighted by Gasteiger charge is 2.28. The Morgan fingerprint density at radius 3 is 2.73 bits per heavy atom. The fourth-order valence-electron chi connectivity index (χ4n) is 3.28. The predicted molar refractivity (Wildman–Crippen MR) is 101 cm³/mol. The summed E-state index contributed by atoms with van der Waals surface area (Å²) >= 11 is 1.46. The van der Waals surface area contributed by atoms with Gasteiger partial charge in [0.25, 0.3) is 5.69 Å². The van der Waals surface area contributed by atoms with Gasteiger partial charge in [0.15, 0.2) is 5.13 Å². The van der Waals surface area contributed by atoms with E-state index in [2.05, 4.69) is 16.4 Å². The number of aliphatic hydroxyl groups excluding tert-OH is 1. The van der Waals surface area contributed by atoms with Gasteiger partial charge in [0, 0.05) is 23.1 Å². The van der Waals surface area contributed by atoms with Crippen molar-refractivity contribution in [1.29, 1.82) is 0 Å². The fourth-order valence-corrected chi connectivity index (χ4v) is 4.03. The van der Waals surface area contributed by atoms with E-state index < -0.39 is 11.0 Å². The van der Waals surface area contributed by atoms with Gasteiger partial charge < -0.3 is 10.4 Å². The van der Waals surface area contributed by atoms with Gasteiger partial charge in [-0.25, -0.2) is 4.98 Å². The molecule has 2 atom stereocenters. The van der Waals surface area contributed by atoms with E-state index in [4.69, 9.17) is 0 Å². The molecule has 26 heavy (non-hydrogen) atoms. The average Bonchev–Trinajstić information content (AvgIpc) is 3.13. The summed E-state index contributed by atoms with van der Waals surface area (Å²) in [6.07, 6.45) is 1.13. The maximum atomic E-state index is 10.8. The molecular formula is C19H17N3O3S. The first kappa shape index (κ1) is 16.7. The number of benzene rings is 2. The smallest absolute Gasteiger partial charge is 0.269 e. The molecule has 0 radical (unpaired) electrons. The lowest BCUT2D eigenvalue weighted by Crippen LogP contribution is -2.30. The molecule has 0 spiro atoms. The number of nitrogens with zero attached hydrogens (tertiary/aromatic N) is 2. The Morgan fingerprint density at radius 2 is 1.96 bits per heavy atom. The summed E-state index contributed by atoms with van der Waals surface area (Å²) in [4.78, 5) is 14.9. The van der Waals surface area contributed by atoms with E-state index in [0.29, 0.717) is 0 Å². The number of anilines is 1. The topological polar surface area (TPSA) is 88.3 Å². The lowest BCUT2D eigenvalue weighted by molar-refractivity contribution is -0.384. The molecule has 2 N–H and O–H groups in total. The second-order valence-corrected chi connectivity index (χ2v) is 7.13. The van der Waals surface area contributed by atoms with Crippen LogP contribution < -0.4 is 5.32 Å². The number of aliphatic hydroxyl groups is 1. The van der Waals surface area contributed by atoms with Crippen LogP contribution in [0.5, 0.6) is 0 Å². The minimum absolute atomic E-state index is 0.0595. The molecule has 2 unspecified atom stereocenters. The van der Waals surface area contributed by atoms with Gasteiger partial charge in [-0.1, -0.05) is 24.3 Å². The number of fused-ring (bicyclic) bond motifs is 1. The predicted octanol–water partition coefficient (Wildman–Crippen LogP) is 4.18. The van der Waals surface area contributed by atoms with Crippen molar-refractivity contribution in [2.24, 2.45) is 0 Å². The molecular weight excluding hydrogens is 350 g/mol. The first-order chi connectivity index (χ1) is 12.6. The Balaban J connectivity index is 1.56. The number of thiazole rings is 1. The molecule has 0 amide bonds. The number of non-ortho nitro benzene ring substituents is 1. The summed E-state index contributed by atoms with van der Waals surface area (Å²) < 4.78 is 0. The Kier molecular flexibility index (Phi) is 4.40. The maximum absolute atomic E-state index is 10.8. The average molecular weight is 367 g/mol. The Labute approximate surface area is 154 Å². The van der Waals surface area contributed by atoms with Crippen LogP contribution in [0.25, 0.3) is 11.3 Å². The molecule has 3 aromatic rings. The molecule has 4 rings (SSSR count). The second-order valence-electron chi connectivity index (χ2n) is 6.27. The van der Waals surface area contributed by atoms with E-state index in [9.17, 15) is 15.2 Å². The molecule has 0 bridgehead atoms. The van der Waals surface area contributed by atoms with Gasteiger partial charge in [-0.3, -0.25) is 10.1 Å². The molecule has 1 aliphatic rings. The molecule has 1 aliphatic carbocycles. The second kappa shape index (κ2) is 6.86. The van der Waals surface area contributed by atoms with Crippen molar-refractivity contribution in [3.05, 3.63) is 75.2 Å². The fraction of sp³-hybridized carbons (Fsp3) is 0.211. The monoisotopic (exact) mass is 367 g/mol. The summed E-state index contributed by atoms with van der Waals surface area (Å²) in [6.45, 7) is 0. The molecule has 2 aromatic carbocycles. The van der Waals surface area contributed by atoms with Gasteiger partial charge in [0.1, 0.15) is 0 Å². The van der Waals surface area contributed by atoms with Gasteiger partial charge in [0.05, 0.1) is 22.8 Å². The van der Waals surface area contributed by atoms with Gasteiger partial charge in [-0.15, -0.1) is 11.3 Å². The van der Waals surface area contributed by atoms with Crippen LogP contribution in [0.4, 0.5) is 10.8 Å². The zero-order valence-electron chi connectivity index (χ0n) is 13.8. The largest absolute Gasteiger partial charge is 0.391 e. The number of aryl methyl sites for hydroxylation is 1. The van der Waals surface area contributed by atoms with Crippen molar-refractivity contribution in [2.75, 3.05) is 5.32 Å². The summed E-state index contributed by atoms with van der Waals surface area (Å²) in [5.41, 5.74) is 4.00. The highest BCUT2D eigenvalue weighted by Crippen LogP contribution is 2.34. The van der Waals surface area contributed by atoms with Crippen molar-refractivity contribution in [3.63, 3.8) is 0 Å². The Bertz CT molecular complexity index is 939. The standard InChI is InChI=1S/C19H17N3O3S/c23-17-10-7-12-3-1-2-4-15(12)18(17)21-19-20-16(11-26-19)13-5-8-14(9-6-13)22(24)25/h1-6,8-9,11,17-18,23H,7,10H2,(H,20,21). The van der Waals surface area contributed by atoms with Crippen LogP contribution in [0.1, 0.15) is 23.6 Å². The van der Waals surface area contributed by atoms with Crippen LogP contribution in [0.15, 0.2) is 53.9 Å². The van der Waals surface area contributed by atoms with Crippen LogP contribution in [-0.4, -0.2) is 21.1 Å². The first-order valence-electron chi connectivity index (χ1n) is 8.34. The summed E-state index contributed by atoms with van der Waals surface area (Å²) in [7, 11) is 0. The summed E-state index contributed by atoms with van der Waals surface area (Å²) in [5, 5.41) is 27.2. The van der Waals surface area contributed by atoms with Gasteiger partial charge >= 0.3 is 0 Å². The highest BCUT2D eigenvalue weighted by atomic mass is 32.1. The number of hydrogen-bond donors (Lipinski definition) is 2. The maximum Gasteiger partial charge on any atom is 0.269 e. The van der Waals surface area contributed by atoms with E-state index in [-0.39, 0.29) is 11.7 Å². The summed E-state index contributed by atoms with van der Waals surface area (Å²) in [5.74, 6) is 0. The first-order valence-corrected chi connectivity index (χ1v) is 9.22. The zero-order chi connectivity index (χ0) is 18.1. The molecule has 6 nitrogen and oxygen atoms in total. The highest BCUT2D eigenvalue weighted by molar-refractivity contribution is 7.14. The number of nitrogens with one attached hydrogen (secondary N) is 1. The lowest BCUT2D eigenvalue weighted by atomic mass is 9.86. The number of nitro benzene ring substituents is 1. The van der Waals surface area contributed by atoms with Crippen LogP contribution in [0.3, 0.4) is 0 Å². The van der Waals surface area contributed by atoms with Crippen LogP contribution in [0.2, 0.25) is 0 Å². The van der Waals surface area contributed by atoms with E-state index in [1.54, 1.807) is 12.1 Å². The molecule has 1 heterocycles. The lowest BCUT2D eigenvalue weighted by Gasteiger charge is -2.30. The third kappa shape index (κ3) is 3.18. The number of rotatable bonds is 4. The van der Waals surface area contributed by atoms with Gasteiger partial charge in [-0.05, 0) is 36.1 Å². The Morgan fingerprint density at radius 1 is 1.19 bits per heavy atom. The number of nitro groups is 1. The van der Waals surface area contributed by atoms with Crippen molar-refractivity contribution in [1.82, 2.24) is 4.98 Å². The van der Waals surface area contributed by atoms with Crippen LogP contribution in [-0.2, 0) is 6.42 Å². The van der Waals surface area contributed by atoms with Crippen LogP contribution >= 0.6 is 11.3 Å². The SMILES string of the molecule is O=[N+]([O-])c1ccc(-c2csc(NC3c4ccccc4CCC3O)n2)cc1. The van der Waals surface area contributed by atoms with Crippen molar-refractivity contribution in [2.45, 2.75) is 25.0 Å². The van der Waals surface area contributed by atoms with Crippen molar-refractivity contribution >= 4 is 22.2 Å². The van der Waals surface area contributed by atoms with Crippen LogP contribution in [0, 0.1) is 10.1 Å². The minimum Gasteiger partial charge on any atom is -0.391 e. The van der Waals surface area contributed by atoms with Gasteiger partial charge in [0.2, 0.25) is 0 Å². The molecule has 132 valence electrons. The molecule has 7 heteroatoms. The Hall–Kier alpha value is -2.77. The third-order valence-corrected chi connectivity index (χ3v) is 5.41. The van der Waals surface area contributed by atoms with Crippen molar-refractivity contribution < 1.29 is 10.0 Å². The third-order valence-electron chi connectivity index (χ3n) is 4.64. The minimum atomic E-state index is -0.461. The molecule has 0 saturated heterocycles. The molecule has 0 saturated carbocycles. The van der Waals surface area contributed by atoms with E-state index in [1.807, 2.05) is 23.6 Å². The van der Waals surface area contributed by atoms with Gasteiger partial charge in [-0.2, -0.15) is 0 Å². The number of aromatic nitrogens is 1. The zero-order valence-corrected chi connectivity index (χ0v) is 14.6. The number of hydrogen-bond acceptors (Lipinski definition) is 6. The normalized spacial score (nSPS) is 19.0.